The third kappa shape index (κ3) is 52.0. The summed E-state index contributed by atoms with van der Waals surface area (Å²) in [5.41, 5.74) is 44.5. The molecule has 13 nitrogen and oxygen atoms in total. The van der Waals surface area contributed by atoms with Crippen LogP contribution in [0.25, 0.3) is 0 Å². The first-order chi connectivity index (χ1) is 33.4. The second-order valence-electron chi connectivity index (χ2n) is 14.3. The first-order valence-electron chi connectivity index (χ1n) is 23.3. The third-order valence-electron chi connectivity index (χ3n) is 8.25. The number of unbranched alkanes of at least 4 members (excludes halogenated alkanes) is 1. The maximum atomic E-state index is 12.0. The summed E-state index contributed by atoms with van der Waals surface area (Å²) in [6.45, 7) is 13.4. The first-order valence-corrected chi connectivity index (χ1v) is 23.7. The Hall–Kier alpha value is -5.37. The van der Waals surface area contributed by atoms with Crippen LogP contribution in [0.15, 0.2) is 127 Å². The lowest BCUT2D eigenvalue weighted by molar-refractivity contribution is -0.137. The van der Waals surface area contributed by atoms with Crippen molar-refractivity contribution in [2.45, 2.75) is 84.9 Å². The zero-order valence-corrected chi connectivity index (χ0v) is 42.9. The molecule has 0 bridgehead atoms. The van der Waals surface area contributed by atoms with Crippen LogP contribution < -0.4 is 61.2 Å². The first kappa shape index (κ1) is 71.2. The molecule has 1 fully saturated rings. The van der Waals surface area contributed by atoms with Gasteiger partial charge >= 0.3 is 6.18 Å². The predicted octanol–water partition coefficient (Wildman–Crippen LogP) is 9.33. The smallest absolute Gasteiger partial charge is 0.416 e. The number of nitrogen functional groups attached to an aromatic ring is 5. The molecule has 6 rings (SSSR count). The van der Waals surface area contributed by atoms with E-state index in [4.69, 9.17) is 66.7 Å². The van der Waals surface area contributed by atoms with Crippen molar-refractivity contribution in [2.75, 3.05) is 88.3 Å². The topological polar surface area (TPSA) is 282 Å². The van der Waals surface area contributed by atoms with Crippen LogP contribution in [0.1, 0.15) is 78.2 Å². The minimum atomic E-state index is -4.27. The van der Waals surface area contributed by atoms with Crippen molar-refractivity contribution in [2.24, 2.45) is 17.2 Å². The van der Waals surface area contributed by atoms with Crippen LogP contribution in [0.4, 0.5) is 46.0 Å². The number of benzene rings is 5. The fraction of sp³-hybridized carbons (Fsp3) is 0.423. The normalized spacial score (nSPS) is 10.8. The van der Waals surface area contributed by atoms with Gasteiger partial charge in [-0.3, -0.25) is 0 Å². The Morgan fingerprint density at radius 1 is 0.600 bits per heavy atom. The van der Waals surface area contributed by atoms with Gasteiger partial charge in [0.1, 0.15) is 11.6 Å². The van der Waals surface area contributed by atoms with Crippen molar-refractivity contribution in [1.29, 1.82) is 0 Å². The van der Waals surface area contributed by atoms with Crippen molar-refractivity contribution in [3.63, 3.8) is 0 Å². The van der Waals surface area contributed by atoms with Gasteiger partial charge in [0.15, 0.2) is 0 Å². The fourth-order valence-electron chi connectivity index (χ4n) is 4.65. The molecular formula is C52H87ClF4N10O3. The van der Waals surface area contributed by atoms with Gasteiger partial charge in [-0.15, -0.1) is 0 Å². The number of para-hydroxylation sites is 1. The molecule has 0 spiro atoms. The molecule has 5 aromatic rings. The van der Waals surface area contributed by atoms with Crippen LogP contribution in [0.5, 0.6) is 5.75 Å². The van der Waals surface area contributed by atoms with Crippen molar-refractivity contribution < 1.29 is 32.5 Å². The van der Waals surface area contributed by atoms with Crippen LogP contribution in [0.2, 0.25) is 5.02 Å². The van der Waals surface area contributed by atoms with E-state index in [-0.39, 0.29) is 19.0 Å². The zero-order valence-electron chi connectivity index (χ0n) is 42.1. The van der Waals surface area contributed by atoms with Gasteiger partial charge < -0.3 is 71.5 Å². The van der Waals surface area contributed by atoms with E-state index in [1.165, 1.54) is 88.4 Å². The molecule has 20 N–H and O–H groups in total. The van der Waals surface area contributed by atoms with Crippen LogP contribution in [-0.2, 0) is 6.18 Å². The van der Waals surface area contributed by atoms with E-state index in [2.05, 4.69) is 37.1 Å². The summed E-state index contributed by atoms with van der Waals surface area (Å²) in [6, 6.07) is 34.5. The minimum Gasteiger partial charge on any atom is -0.494 e. The highest BCUT2D eigenvalue weighted by Crippen LogP contribution is 2.29. The molecule has 1 aliphatic carbocycles. The largest absolute Gasteiger partial charge is 0.494 e. The second kappa shape index (κ2) is 51.5. The molecule has 398 valence electrons. The molecule has 0 radical (unpaired) electrons. The Bertz CT molecular complexity index is 1680. The summed E-state index contributed by atoms with van der Waals surface area (Å²) < 4.78 is 52.9. The number of nitrogens with one attached hydrogen (secondary N) is 2. The minimum absolute atomic E-state index is 0.139. The van der Waals surface area contributed by atoms with E-state index >= 15 is 0 Å². The Labute approximate surface area is 421 Å². The van der Waals surface area contributed by atoms with E-state index in [0.717, 1.165) is 59.6 Å². The highest BCUT2D eigenvalue weighted by atomic mass is 35.5. The number of nitrogens with two attached hydrogens (primary N) is 8. The number of anilines is 5. The van der Waals surface area contributed by atoms with Gasteiger partial charge in [-0.05, 0) is 162 Å². The van der Waals surface area contributed by atoms with E-state index in [9.17, 15) is 17.6 Å². The monoisotopic (exact) mass is 1010 g/mol. The standard InChI is InChI=1S/C8H11NO.C7H6F3N.C6H6ClN.C6H6FN.C6H13N.C6H7N.C4H11NO2.2C4H11N.CH5N/c1-2-10-8-5-3-7(9)4-6-8;8-7(9,10)5-1-3-6(11)4-2-5;2*7-5-1-3-6(8)4-2-5;2*7-6-4-2-1-3-5-6;6-3-1-5-2-4-7;1-3-5-4-2;1-2-3-4-5;1-2/h3-6H,2,9H2,1H3;1-4H,11H2;2*1-4H,8H2;6H,1-5,7H2;1-5H,7H2;5-7H,1-4H2;5H,3-4H2,1-2H3;2-5H2,1H3;2H2,1H3. The molecule has 0 amide bonds. The maximum absolute atomic E-state index is 12.0. The van der Waals surface area contributed by atoms with E-state index in [1.807, 2.05) is 61.5 Å². The summed E-state index contributed by atoms with van der Waals surface area (Å²) in [6.07, 6.45) is 4.78. The summed E-state index contributed by atoms with van der Waals surface area (Å²) in [7, 11) is 1.50. The van der Waals surface area contributed by atoms with Gasteiger partial charge in [-0.2, -0.15) is 13.2 Å². The van der Waals surface area contributed by atoms with Crippen LogP contribution in [-0.4, -0.2) is 75.8 Å². The van der Waals surface area contributed by atoms with Gasteiger partial charge in [-0.1, -0.05) is 76.3 Å². The third-order valence-corrected chi connectivity index (χ3v) is 8.51. The average molecular weight is 1010 g/mol. The van der Waals surface area contributed by atoms with E-state index in [1.54, 1.807) is 24.3 Å². The average Bonchev–Trinajstić information content (AvgIpc) is 3.35. The number of rotatable bonds is 10. The molecule has 0 heterocycles. The van der Waals surface area contributed by atoms with E-state index in [0.29, 0.717) is 37.1 Å². The number of hydrogen-bond acceptors (Lipinski definition) is 13. The van der Waals surface area contributed by atoms with Crippen molar-refractivity contribution >= 4 is 40.0 Å². The van der Waals surface area contributed by atoms with Gasteiger partial charge in [0.05, 0.1) is 25.4 Å². The molecule has 0 unspecified atom stereocenters. The molecule has 0 saturated heterocycles. The molecular weight excluding hydrogens is 924 g/mol. The number of halogens is 5. The predicted molar refractivity (Wildman–Crippen MR) is 292 cm³/mol. The second-order valence-corrected chi connectivity index (χ2v) is 14.8. The SMILES string of the molecule is CCCCN.CCNCC.CCOc1ccc(N)cc1.CN.NC1CCCCC1.Nc1ccc(C(F)(F)F)cc1.Nc1ccc(Cl)cc1.Nc1ccc(F)cc1.Nc1ccccc1.OCCNCCO. The summed E-state index contributed by atoms with van der Waals surface area (Å²) in [5.74, 6) is 0.621. The highest BCUT2D eigenvalue weighted by Gasteiger charge is 2.29. The Balaban J connectivity index is -0.000000352. The molecule has 0 aliphatic heterocycles. The zero-order chi connectivity index (χ0) is 53.9. The Morgan fingerprint density at radius 3 is 1.26 bits per heavy atom. The van der Waals surface area contributed by atoms with Crippen molar-refractivity contribution in [3.05, 3.63) is 144 Å². The van der Waals surface area contributed by atoms with Gasteiger partial charge in [0.25, 0.3) is 0 Å². The van der Waals surface area contributed by atoms with Crippen LogP contribution in [0, 0.1) is 5.82 Å². The molecule has 1 aliphatic rings. The fourth-order valence-corrected chi connectivity index (χ4v) is 4.78. The summed E-state index contributed by atoms with van der Waals surface area (Å²) in [5, 5.41) is 22.9. The lowest BCUT2D eigenvalue weighted by Crippen LogP contribution is -2.22. The molecule has 1 saturated carbocycles. The summed E-state index contributed by atoms with van der Waals surface area (Å²) >= 11 is 5.56. The lowest BCUT2D eigenvalue weighted by atomic mass is 9.97. The van der Waals surface area contributed by atoms with Gasteiger partial charge in [-0.25, -0.2) is 4.39 Å². The number of aliphatic hydroxyl groups excluding tert-OH is 2. The van der Waals surface area contributed by atoms with Crippen molar-refractivity contribution in [1.82, 2.24) is 10.6 Å². The molecule has 70 heavy (non-hydrogen) atoms. The number of alkyl halides is 3. The summed E-state index contributed by atoms with van der Waals surface area (Å²) in [4.78, 5) is 0. The number of hydrogen-bond donors (Lipinski definition) is 12. The number of aliphatic hydroxyl groups is 2. The van der Waals surface area contributed by atoms with Gasteiger partial charge in [0.2, 0.25) is 0 Å². The maximum Gasteiger partial charge on any atom is 0.416 e. The van der Waals surface area contributed by atoms with E-state index < -0.39 is 11.7 Å². The Morgan fingerprint density at radius 2 is 1.00 bits per heavy atom. The lowest BCUT2D eigenvalue weighted by Gasteiger charge is -2.15. The van der Waals surface area contributed by atoms with Crippen LogP contribution in [0.3, 0.4) is 0 Å². The number of ether oxygens (including phenoxy) is 1. The van der Waals surface area contributed by atoms with Crippen molar-refractivity contribution in [3.8, 4) is 5.75 Å². The Kier molecular flexibility index (Phi) is 52.4. The molecule has 5 aromatic carbocycles. The highest BCUT2D eigenvalue weighted by molar-refractivity contribution is 6.30. The quantitative estimate of drug-likeness (QED) is 0.0353. The van der Waals surface area contributed by atoms with Crippen LogP contribution >= 0.6 is 11.6 Å². The molecule has 18 heteroatoms. The molecule has 0 atom stereocenters. The molecule has 0 aromatic heterocycles. The van der Waals surface area contributed by atoms with Gasteiger partial charge in [0, 0.05) is 52.6 Å².